The first kappa shape index (κ1) is 15.0. The van der Waals surface area contributed by atoms with Crippen LogP contribution in [0.15, 0.2) is 51.8 Å². The molecule has 3 N–H and O–H groups in total. The first-order valence-corrected chi connectivity index (χ1v) is 7.96. The van der Waals surface area contributed by atoms with E-state index < -0.39 is 15.8 Å². The molecule has 2 aromatic carbocycles. The Bertz CT molecular complexity index is 721. The smallest absolute Gasteiger partial charge is 0.242 e. The molecule has 0 radical (unpaired) electrons. The van der Waals surface area contributed by atoms with Crippen molar-refractivity contribution in [1.29, 1.82) is 0 Å². The second-order valence-corrected chi connectivity index (χ2v) is 6.70. The van der Waals surface area contributed by atoms with Crippen molar-refractivity contribution in [2.45, 2.75) is 11.4 Å². The van der Waals surface area contributed by atoms with Gasteiger partial charge in [0.05, 0.1) is 10.2 Å². The Morgan fingerprint density at radius 2 is 1.85 bits per heavy atom. The van der Waals surface area contributed by atoms with Gasteiger partial charge < -0.3 is 5.73 Å². The normalized spacial score (nSPS) is 11.5. The summed E-state index contributed by atoms with van der Waals surface area (Å²) >= 11 is 2.95. The van der Waals surface area contributed by atoms with Crippen molar-refractivity contribution in [1.82, 2.24) is 4.72 Å². The number of anilines is 1. The summed E-state index contributed by atoms with van der Waals surface area (Å²) < 4.78 is 40.0. The molecular weight excluding hydrogens is 347 g/mol. The quantitative estimate of drug-likeness (QED) is 0.825. The van der Waals surface area contributed by atoms with Crippen molar-refractivity contribution in [2.75, 3.05) is 5.73 Å². The number of halogens is 2. The van der Waals surface area contributed by atoms with Crippen molar-refractivity contribution in [3.05, 3.63) is 58.3 Å². The van der Waals surface area contributed by atoms with Crippen LogP contribution in [0, 0.1) is 5.82 Å². The molecule has 2 rings (SSSR count). The summed E-state index contributed by atoms with van der Waals surface area (Å²) in [5.41, 5.74) is 6.25. The number of benzene rings is 2. The minimum Gasteiger partial charge on any atom is -0.398 e. The van der Waals surface area contributed by atoms with Crippen molar-refractivity contribution >= 4 is 31.6 Å². The summed E-state index contributed by atoms with van der Waals surface area (Å²) in [5.74, 6) is -0.607. The summed E-state index contributed by atoms with van der Waals surface area (Å²) in [5, 5.41) is 0. The third-order valence-corrected chi connectivity index (χ3v) is 4.72. The van der Waals surface area contributed by atoms with Gasteiger partial charge in [0.15, 0.2) is 0 Å². The Morgan fingerprint density at radius 1 is 1.20 bits per heavy atom. The largest absolute Gasteiger partial charge is 0.398 e. The first-order valence-electron chi connectivity index (χ1n) is 5.68. The van der Waals surface area contributed by atoms with E-state index in [-0.39, 0.29) is 21.6 Å². The van der Waals surface area contributed by atoms with E-state index in [1.54, 1.807) is 12.1 Å². The van der Waals surface area contributed by atoms with Gasteiger partial charge in [-0.2, -0.15) is 0 Å². The summed E-state index contributed by atoms with van der Waals surface area (Å²) in [6.07, 6.45) is 0. The van der Waals surface area contributed by atoms with Gasteiger partial charge in [-0.25, -0.2) is 17.5 Å². The van der Waals surface area contributed by atoms with E-state index in [4.69, 9.17) is 5.73 Å². The predicted molar refractivity (Wildman–Crippen MR) is 79.0 cm³/mol. The molecule has 0 atom stereocenters. The van der Waals surface area contributed by atoms with Crippen LogP contribution in [0.25, 0.3) is 0 Å². The SMILES string of the molecule is Nc1cc(F)c(Br)cc1S(=O)(=O)NCc1ccccc1. The van der Waals surface area contributed by atoms with Gasteiger partial charge in [0, 0.05) is 6.54 Å². The van der Waals surface area contributed by atoms with Crippen LogP contribution >= 0.6 is 15.9 Å². The predicted octanol–water partition coefficient (Wildman–Crippen LogP) is 2.65. The third kappa shape index (κ3) is 3.36. The van der Waals surface area contributed by atoms with E-state index in [9.17, 15) is 12.8 Å². The molecule has 0 aromatic heterocycles. The topological polar surface area (TPSA) is 72.2 Å². The van der Waals surface area contributed by atoms with E-state index in [0.717, 1.165) is 17.7 Å². The molecular formula is C13H12BrFN2O2S. The highest BCUT2D eigenvalue weighted by atomic mass is 79.9. The van der Waals surface area contributed by atoms with Crippen molar-refractivity contribution in [3.8, 4) is 0 Å². The Morgan fingerprint density at radius 3 is 2.50 bits per heavy atom. The lowest BCUT2D eigenvalue weighted by atomic mass is 10.2. The number of nitrogens with one attached hydrogen (secondary N) is 1. The Kier molecular flexibility index (Phi) is 4.42. The zero-order chi connectivity index (χ0) is 14.8. The fourth-order valence-electron chi connectivity index (χ4n) is 1.63. The number of rotatable bonds is 4. The van der Waals surface area contributed by atoms with Gasteiger partial charge in [-0.3, -0.25) is 0 Å². The highest BCUT2D eigenvalue weighted by molar-refractivity contribution is 9.10. The maximum atomic E-state index is 13.3. The van der Waals surface area contributed by atoms with Crippen LogP contribution in [-0.2, 0) is 16.6 Å². The molecule has 0 spiro atoms. The number of hydrogen-bond donors (Lipinski definition) is 2. The van der Waals surface area contributed by atoms with Gasteiger partial charge in [-0.1, -0.05) is 30.3 Å². The monoisotopic (exact) mass is 358 g/mol. The van der Waals surface area contributed by atoms with Crippen molar-refractivity contribution in [3.63, 3.8) is 0 Å². The van der Waals surface area contributed by atoms with Gasteiger partial charge in [0.2, 0.25) is 10.0 Å². The van der Waals surface area contributed by atoms with Crippen LogP contribution < -0.4 is 10.5 Å². The molecule has 2 aromatic rings. The lowest BCUT2D eigenvalue weighted by Crippen LogP contribution is -2.24. The molecule has 0 bridgehead atoms. The van der Waals surface area contributed by atoms with Crippen LogP contribution in [0.3, 0.4) is 0 Å². The highest BCUT2D eigenvalue weighted by Gasteiger charge is 2.19. The summed E-state index contributed by atoms with van der Waals surface area (Å²) in [7, 11) is -3.80. The fraction of sp³-hybridized carbons (Fsp3) is 0.0769. The molecule has 7 heteroatoms. The molecule has 0 aliphatic rings. The average molecular weight is 359 g/mol. The van der Waals surface area contributed by atoms with E-state index in [1.165, 1.54) is 0 Å². The van der Waals surface area contributed by atoms with E-state index in [1.807, 2.05) is 18.2 Å². The number of nitrogen functional groups attached to an aromatic ring is 1. The van der Waals surface area contributed by atoms with Gasteiger partial charge in [-0.05, 0) is 33.6 Å². The standard InChI is InChI=1S/C13H12BrFN2O2S/c14-10-6-13(12(16)7-11(10)15)20(18,19)17-8-9-4-2-1-3-5-9/h1-7,17H,8,16H2. The summed E-state index contributed by atoms with van der Waals surface area (Å²) in [4.78, 5) is -0.151. The zero-order valence-corrected chi connectivity index (χ0v) is 12.7. The van der Waals surface area contributed by atoms with Gasteiger partial charge in [-0.15, -0.1) is 0 Å². The number of sulfonamides is 1. The Balaban J connectivity index is 2.25. The molecule has 20 heavy (non-hydrogen) atoms. The zero-order valence-electron chi connectivity index (χ0n) is 10.3. The molecule has 0 aliphatic carbocycles. The van der Waals surface area contributed by atoms with Crippen LogP contribution in [0.4, 0.5) is 10.1 Å². The van der Waals surface area contributed by atoms with E-state index in [0.29, 0.717) is 0 Å². The van der Waals surface area contributed by atoms with Crippen LogP contribution in [0.5, 0.6) is 0 Å². The molecule has 106 valence electrons. The molecule has 4 nitrogen and oxygen atoms in total. The lowest BCUT2D eigenvalue weighted by Gasteiger charge is -2.10. The van der Waals surface area contributed by atoms with Crippen LogP contribution in [0.1, 0.15) is 5.56 Å². The second kappa shape index (κ2) is 5.90. The maximum Gasteiger partial charge on any atom is 0.242 e. The maximum absolute atomic E-state index is 13.3. The highest BCUT2D eigenvalue weighted by Crippen LogP contribution is 2.26. The summed E-state index contributed by atoms with van der Waals surface area (Å²) in [6, 6.07) is 11.2. The molecule has 0 unspecified atom stereocenters. The van der Waals surface area contributed by atoms with Gasteiger partial charge >= 0.3 is 0 Å². The number of nitrogens with two attached hydrogens (primary N) is 1. The average Bonchev–Trinajstić information content (AvgIpc) is 2.42. The molecule has 0 heterocycles. The third-order valence-electron chi connectivity index (χ3n) is 2.65. The Hall–Kier alpha value is -1.44. The van der Waals surface area contributed by atoms with Crippen LogP contribution in [0.2, 0.25) is 0 Å². The number of hydrogen-bond acceptors (Lipinski definition) is 3. The minimum absolute atomic E-state index is 0.0480. The van der Waals surface area contributed by atoms with Gasteiger partial charge in [0.1, 0.15) is 10.7 Å². The van der Waals surface area contributed by atoms with E-state index in [2.05, 4.69) is 20.7 Å². The Labute approximate surface area is 125 Å². The van der Waals surface area contributed by atoms with Crippen molar-refractivity contribution in [2.24, 2.45) is 0 Å². The van der Waals surface area contributed by atoms with Gasteiger partial charge in [0.25, 0.3) is 0 Å². The second-order valence-electron chi connectivity index (χ2n) is 4.11. The molecule has 0 saturated carbocycles. The molecule has 0 amide bonds. The first-order chi connectivity index (χ1) is 9.40. The lowest BCUT2D eigenvalue weighted by molar-refractivity contribution is 0.580. The van der Waals surface area contributed by atoms with E-state index >= 15 is 0 Å². The molecule has 0 aliphatic heterocycles. The summed E-state index contributed by atoms with van der Waals surface area (Å²) in [6.45, 7) is 0.137. The van der Waals surface area contributed by atoms with Crippen molar-refractivity contribution < 1.29 is 12.8 Å². The fourth-order valence-corrected chi connectivity index (χ4v) is 3.28. The molecule has 0 saturated heterocycles. The van der Waals surface area contributed by atoms with Crippen LogP contribution in [-0.4, -0.2) is 8.42 Å². The molecule has 0 fully saturated rings. The minimum atomic E-state index is -3.80.